The number of aliphatic hydroxyl groups excluding tert-OH is 2. The van der Waals surface area contributed by atoms with Gasteiger partial charge in [0.15, 0.2) is 0 Å². The van der Waals surface area contributed by atoms with Gasteiger partial charge in [0.2, 0.25) is 11.6 Å². The second-order valence-electron chi connectivity index (χ2n) is 16.8. The molecule has 9 atom stereocenters. The van der Waals surface area contributed by atoms with Crippen molar-refractivity contribution in [1.29, 1.82) is 0 Å². The van der Waals surface area contributed by atoms with Crippen molar-refractivity contribution in [2.75, 3.05) is 20.2 Å². The van der Waals surface area contributed by atoms with Crippen LogP contribution in [0.25, 0.3) is 0 Å². The SMILES string of the molecule is COC1C=COC2(C)Oc3c(C)c(OC(=O)C(C)C)c4c(c3C2=O)C(=O)C(N2CCCC2)=C(NC(=O)C(C)=CC=CC(C)C(O)C(C)C(O)C(C)C(OC(C)=O)C1C)C4=O. The first kappa shape index (κ1) is 46.0. The van der Waals surface area contributed by atoms with Crippen LogP contribution in [-0.4, -0.2) is 101 Å². The number of amides is 1. The predicted molar refractivity (Wildman–Crippen MR) is 218 cm³/mol. The largest absolute Gasteiger partial charge is 0.462 e. The molecule has 0 spiro atoms. The molecule has 0 aromatic heterocycles. The van der Waals surface area contributed by atoms with Crippen molar-refractivity contribution >= 4 is 35.2 Å². The highest BCUT2D eigenvalue weighted by Crippen LogP contribution is 2.49. The van der Waals surface area contributed by atoms with E-state index in [0.717, 1.165) is 0 Å². The number of ether oxygens (including phenoxy) is 5. The van der Waals surface area contributed by atoms with Crippen LogP contribution < -0.4 is 14.8 Å². The van der Waals surface area contributed by atoms with E-state index in [-0.39, 0.29) is 50.7 Å². The molecular formula is C45H58N2O13. The summed E-state index contributed by atoms with van der Waals surface area (Å²) in [6, 6.07) is 0. The number of esters is 2. The van der Waals surface area contributed by atoms with Gasteiger partial charge in [0.05, 0.1) is 47.2 Å². The van der Waals surface area contributed by atoms with E-state index in [2.05, 4.69) is 5.32 Å². The standard InChI is InChI=1S/C45H58N2O13/c1-21(2)44(55)59-40-27(8)41-32-30-31(40)37(51)33(34(38(30)52)47-18-12-13-19-47)46-43(54)23(4)16-14-15-22(3)35(49)25(6)36(50)26(7)39(58-28(9)48)24(5)29(56-11)17-20-57-45(10,60-41)42(32)53/h14-17,20-22,24-26,29,35-36,39,49-50H,12-13,18-19H2,1-11H3,(H,46,54). The molecule has 1 aromatic rings. The first-order chi connectivity index (χ1) is 28.2. The molecule has 9 unspecified atom stereocenters. The van der Waals surface area contributed by atoms with Crippen LogP contribution in [0.4, 0.5) is 0 Å². The van der Waals surface area contributed by atoms with Gasteiger partial charge in [-0.05, 0) is 32.8 Å². The fourth-order valence-corrected chi connectivity index (χ4v) is 8.25. The van der Waals surface area contributed by atoms with Crippen LogP contribution >= 0.6 is 0 Å². The maximum Gasteiger partial charge on any atom is 0.313 e. The third-order valence-corrected chi connectivity index (χ3v) is 12.0. The van der Waals surface area contributed by atoms with Crippen molar-refractivity contribution < 1.29 is 62.7 Å². The van der Waals surface area contributed by atoms with Crippen LogP contribution in [0, 0.1) is 36.5 Å². The zero-order valence-corrected chi connectivity index (χ0v) is 36.2. The number of nitrogens with one attached hydrogen (secondary N) is 1. The number of carbonyl (C=O) groups excluding carboxylic acids is 6. The van der Waals surface area contributed by atoms with Crippen LogP contribution in [0.1, 0.15) is 112 Å². The summed E-state index contributed by atoms with van der Waals surface area (Å²) in [5.74, 6) is -10.1. The van der Waals surface area contributed by atoms with Crippen molar-refractivity contribution in [2.45, 2.75) is 112 Å². The molecule has 60 heavy (non-hydrogen) atoms. The Morgan fingerprint density at radius 1 is 0.917 bits per heavy atom. The highest BCUT2D eigenvalue weighted by Gasteiger charge is 2.53. The van der Waals surface area contributed by atoms with E-state index in [1.54, 1.807) is 58.6 Å². The first-order valence-electron chi connectivity index (χ1n) is 20.5. The Morgan fingerprint density at radius 2 is 1.57 bits per heavy atom. The molecule has 5 bridgehead atoms. The average Bonchev–Trinajstić information content (AvgIpc) is 3.82. The molecule has 6 rings (SSSR count). The molecule has 0 saturated carbocycles. The van der Waals surface area contributed by atoms with E-state index in [1.807, 2.05) is 0 Å². The number of Topliss-reactive ketones (excluding diaryl/α,β-unsaturated/α-hetero) is 3. The van der Waals surface area contributed by atoms with Gasteiger partial charge < -0.3 is 44.1 Å². The quantitative estimate of drug-likeness (QED) is 0.267. The average molecular weight is 835 g/mol. The van der Waals surface area contributed by atoms with Crippen molar-refractivity contribution in [3.05, 3.63) is 69.8 Å². The second kappa shape index (κ2) is 18.2. The number of allylic oxidation sites excluding steroid dienone is 4. The van der Waals surface area contributed by atoms with E-state index in [1.165, 1.54) is 53.2 Å². The number of aliphatic hydroxyl groups is 2. The Hall–Kier alpha value is -5.12. The molecule has 3 N–H and O–H groups in total. The van der Waals surface area contributed by atoms with Crippen LogP contribution in [0.3, 0.4) is 0 Å². The molecule has 15 heteroatoms. The smallest absolute Gasteiger partial charge is 0.313 e. The highest BCUT2D eigenvalue weighted by molar-refractivity contribution is 6.32. The van der Waals surface area contributed by atoms with Crippen LogP contribution in [0.15, 0.2) is 47.5 Å². The number of fused-ring (bicyclic) bond motifs is 14. The van der Waals surface area contributed by atoms with Gasteiger partial charge in [-0.1, -0.05) is 59.8 Å². The first-order valence-corrected chi connectivity index (χ1v) is 20.5. The molecule has 1 fully saturated rings. The topological polar surface area (TPSA) is 204 Å². The Labute approximate surface area is 350 Å². The molecule has 0 radical (unpaired) electrons. The zero-order chi connectivity index (χ0) is 44.5. The summed E-state index contributed by atoms with van der Waals surface area (Å²) in [5.41, 5.74) is -1.14. The minimum absolute atomic E-state index is 0.0799. The number of benzene rings is 1. The summed E-state index contributed by atoms with van der Waals surface area (Å²) < 4.78 is 29.6. The van der Waals surface area contributed by atoms with Crippen molar-refractivity contribution in [3.8, 4) is 11.5 Å². The molecular weight excluding hydrogens is 776 g/mol. The Kier molecular flexibility index (Phi) is 14.0. The summed E-state index contributed by atoms with van der Waals surface area (Å²) in [6.45, 7) is 16.5. The van der Waals surface area contributed by atoms with Gasteiger partial charge in [-0.3, -0.25) is 28.8 Å². The van der Waals surface area contributed by atoms with Gasteiger partial charge in [-0.25, -0.2) is 0 Å². The number of nitrogens with zero attached hydrogens (tertiary/aromatic N) is 1. The fourth-order valence-electron chi connectivity index (χ4n) is 8.25. The number of carbonyl (C=O) groups is 6. The fraction of sp³-hybridized carbons (Fsp3) is 0.556. The number of likely N-dealkylation sites (tertiary alicyclic amines) is 1. The molecule has 326 valence electrons. The van der Waals surface area contributed by atoms with E-state index in [9.17, 15) is 39.0 Å². The maximum absolute atomic E-state index is 15.0. The molecule has 1 amide bonds. The third-order valence-electron chi connectivity index (χ3n) is 12.0. The lowest BCUT2D eigenvalue weighted by atomic mass is 9.78. The summed E-state index contributed by atoms with van der Waals surface area (Å²) in [6.07, 6.45) is 4.85. The molecule has 5 aliphatic rings. The number of ketones is 3. The molecule has 1 saturated heterocycles. The molecule has 4 aliphatic heterocycles. The van der Waals surface area contributed by atoms with Gasteiger partial charge in [0.25, 0.3) is 11.7 Å². The maximum atomic E-state index is 15.0. The number of hydrogen-bond acceptors (Lipinski definition) is 14. The lowest BCUT2D eigenvalue weighted by Crippen LogP contribution is -2.46. The summed E-state index contributed by atoms with van der Waals surface area (Å²) in [5, 5.41) is 25.6. The van der Waals surface area contributed by atoms with Gasteiger partial charge in [0.1, 0.15) is 29.0 Å². The van der Waals surface area contributed by atoms with Crippen molar-refractivity contribution in [2.24, 2.45) is 29.6 Å². The van der Waals surface area contributed by atoms with Crippen molar-refractivity contribution in [1.82, 2.24) is 10.2 Å². The minimum atomic E-state index is -2.10. The van der Waals surface area contributed by atoms with Gasteiger partial charge in [0, 0.05) is 68.9 Å². The molecule has 1 aromatic carbocycles. The molecule has 4 heterocycles. The van der Waals surface area contributed by atoms with Gasteiger partial charge in [-0.15, -0.1) is 0 Å². The minimum Gasteiger partial charge on any atom is -0.462 e. The Balaban J connectivity index is 1.73. The van der Waals surface area contributed by atoms with E-state index >= 15 is 0 Å². The van der Waals surface area contributed by atoms with Gasteiger partial charge >= 0.3 is 17.7 Å². The van der Waals surface area contributed by atoms with Crippen molar-refractivity contribution in [3.63, 3.8) is 0 Å². The van der Waals surface area contributed by atoms with E-state index in [0.29, 0.717) is 25.9 Å². The Morgan fingerprint density at radius 3 is 2.17 bits per heavy atom. The third kappa shape index (κ3) is 8.70. The molecule has 1 aliphatic carbocycles. The zero-order valence-electron chi connectivity index (χ0n) is 36.2. The normalized spacial score (nSPS) is 30.3. The monoisotopic (exact) mass is 834 g/mol. The summed E-state index contributed by atoms with van der Waals surface area (Å²) in [4.78, 5) is 85.5. The van der Waals surface area contributed by atoms with Gasteiger partial charge in [-0.2, -0.15) is 0 Å². The number of rotatable bonds is 5. The second-order valence-corrected chi connectivity index (χ2v) is 16.8. The van der Waals surface area contributed by atoms with Crippen LogP contribution in [0.5, 0.6) is 11.5 Å². The lowest BCUT2D eigenvalue weighted by molar-refractivity contribution is -0.160. The lowest BCUT2D eigenvalue weighted by Gasteiger charge is -2.38. The van der Waals surface area contributed by atoms with Crippen LogP contribution in [0.2, 0.25) is 0 Å². The number of hydrogen-bond donors (Lipinski definition) is 3. The highest BCUT2D eigenvalue weighted by atomic mass is 16.7. The Bertz CT molecular complexity index is 2060. The molecule has 15 nitrogen and oxygen atoms in total. The number of methoxy groups -OCH3 is 1. The summed E-state index contributed by atoms with van der Waals surface area (Å²) in [7, 11) is 1.43. The van der Waals surface area contributed by atoms with E-state index in [4.69, 9.17) is 23.7 Å². The van der Waals surface area contributed by atoms with E-state index < -0.39 is 95.0 Å². The van der Waals surface area contributed by atoms with Crippen LogP contribution in [-0.2, 0) is 28.6 Å². The summed E-state index contributed by atoms with van der Waals surface area (Å²) >= 11 is 0. The predicted octanol–water partition coefficient (Wildman–Crippen LogP) is 4.91.